The number of rotatable bonds is 6. The van der Waals surface area contributed by atoms with E-state index in [1.807, 2.05) is 6.26 Å². The highest BCUT2D eigenvalue weighted by Crippen LogP contribution is 2.25. The van der Waals surface area contributed by atoms with Crippen LogP contribution in [0.5, 0.6) is 11.5 Å². The Morgan fingerprint density at radius 3 is 2.38 bits per heavy atom. The van der Waals surface area contributed by atoms with Crippen molar-refractivity contribution in [1.82, 2.24) is 5.32 Å². The molecule has 1 aromatic rings. The molecule has 0 aromatic heterocycles. The molecule has 0 aliphatic rings. The number of aromatic hydroxyl groups is 2. The van der Waals surface area contributed by atoms with Crippen molar-refractivity contribution in [3.63, 3.8) is 0 Å². The average Bonchev–Trinajstić information content (AvgIpc) is 2.42. The summed E-state index contributed by atoms with van der Waals surface area (Å²) in [6.45, 7) is 0. The molecule has 0 aliphatic heterocycles. The number of carbonyl (C=O) groups excluding carboxylic acids is 1. The lowest BCUT2D eigenvalue weighted by molar-refractivity contribution is -0.109. The van der Waals surface area contributed by atoms with Crippen molar-refractivity contribution in [2.75, 3.05) is 19.1 Å². The lowest BCUT2D eigenvalue weighted by Crippen LogP contribution is -2.26. The summed E-state index contributed by atoms with van der Waals surface area (Å²) in [6.07, 6.45) is 3.93. The van der Waals surface area contributed by atoms with Gasteiger partial charge in [0.15, 0.2) is 0 Å². The first kappa shape index (κ1) is 19.7. The molecule has 7 nitrogen and oxygen atoms in total. The van der Waals surface area contributed by atoms with Gasteiger partial charge in [-0.3, -0.25) is 4.55 Å². The van der Waals surface area contributed by atoms with Crippen LogP contribution in [0.4, 0.5) is 0 Å². The second-order valence-corrected chi connectivity index (χ2v) is 6.32. The lowest BCUT2D eigenvalue weighted by Gasteiger charge is -2.05. The van der Waals surface area contributed by atoms with E-state index < -0.39 is 20.8 Å². The maximum atomic E-state index is 10.5. The predicted molar refractivity (Wildman–Crippen MR) is 81.5 cm³/mol. The number of aldehydes is 1. The van der Waals surface area contributed by atoms with Gasteiger partial charge in [-0.15, -0.1) is 0 Å². The molecule has 120 valence electrons. The van der Waals surface area contributed by atoms with Crippen LogP contribution in [0.3, 0.4) is 0 Å². The molecular weight excluding hydrogens is 318 g/mol. The third-order valence-electron chi connectivity index (χ3n) is 2.39. The van der Waals surface area contributed by atoms with Gasteiger partial charge < -0.3 is 20.3 Å². The maximum absolute atomic E-state index is 10.5. The van der Waals surface area contributed by atoms with Crippen LogP contribution in [0.1, 0.15) is 6.42 Å². The summed E-state index contributed by atoms with van der Waals surface area (Å²) < 4.78 is 29.5. The smallest absolute Gasteiger partial charge is 0.298 e. The summed E-state index contributed by atoms with van der Waals surface area (Å²) in [4.78, 5) is 9.46. The minimum Gasteiger partial charge on any atom is -0.508 e. The molecule has 0 heterocycles. The van der Waals surface area contributed by atoms with Gasteiger partial charge in [0.05, 0.1) is 6.04 Å². The van der Waals surface area contributed by atoms with Gasteiger partial charge in [0, 0.05) is 6.07 Å². The van der Waals surface area contributed by atoms with Gasteiger partial charge in [0.2, 0.25) is 0 Å². The van der Waals surface area contributed by atoms with E-state index in [-0.39, 0.29) is 11.8 Å². The van der Waals surface area contributed by atoms with E-state index in [2.05, 4.69) is 5.32 Å². The Hall–Kier alpha value is -1.29. The molecule has 1 aromatic carbocycles. The first-order valence-electron chi connectivity index (χ1n) is 5.87. The zero-order chi connectivity index (χ0) is 16.5. The molecule has 0 spiro atoms. The fourth-order valence-corrected chi connectivity index (χ4v) is 2.33. The number of phenolic OH excluding ortho intramolecular Hbond substituents is 2. The predicted octanol–water partition coefficient (Wildman–Crippen LogP) is 0.871. The molecule has 21 heavy (non-hydrogen) atoms. The van der Waals surface area contributed by atoms with E-state index in [4.69, 9.17) is 14.8 Å². The second kappa shape index (κ2) is 9.61. The van der Waals surface area contributed by atoms with Gasteiger partial charge in [0.25, 0.3) is 10.1 Å². The van der Waals surface area contributed by atoms with E-state index in [0.717, 1.165) is 36.7 Å². The van der Waals surface area contributed by atoms with Crippen molar-refractivity contribution in [3.8, 4) is 11.5 Å². The number of likely N-dealkylation sites (N-methyl/N-ethyl adjacent to an activating group) is 1. The molecule has 0 saturated carbocycles. The SMILES string of the molecule is CN[C@H](C=O)CCSC.O=S(=O)(O)c1cc(O)ccc1O. The Morgan fingerprint density at radius 1 is 1.38 bits per heavy atom. The molecule has 9 heteroatoms. The largest absolute Gasteiger partial charge is 0.508 e. The number of hydrogen-bond acceptors (Lipinski definition) is 7. The Morgan fingerprint density at radius 2 is 2.00 bits per heavy atom. The molecule has 0 saturated heterocycles. The summed E-state index contributed by atoms with van der Waals surface area (Å²) in [5, 5.41) is 20.6. The van der Waals surface area contributed by atoms with Gasteiger partial charge in [0.1, 0.15) is 22.7 Å². The Balaban J connectivity index is 0.000000400. The minimum absolute atomic E-state index is 0.0532. The van der Waals surface area contributed by atoms with Crippen LogP contribution >= 0.6 is 11.8 Å². The van der Waals surface area contributed by atoms with Crippen molar-refractivity contribution in [2.45, 2.75) is 17.4 Å². The van der Waals surface area contributed by atoms with Crippen LogP contribution in [0.15, 0.2) is 23.1 Å². The van der Waals surface area contributed by atoms with Crippen LogP contribution in [0.25, 0.3) is 0 Å². The van der Waals surface area contributed by atoms with Gasteiger partial charge in [-0.1, -0.05) is 0 Å². The Labute approximate surface area is 128 Å². The van der Waals surface area contributed by atoms with Crippen molar-refractivity contribution in [2.24, 2.45) is 0 Å². The summed E-state index contributed by atoms with van der Waals surface area (Å²) in [6, 6.07) is 2.88. The quantitative estimate of drug-likeness (QED) is 0.342. The second-order valence-electron chi connectivity index (χ2n) is 3.94. The third kappa shape index (κ3) is 7.90. The van der Waals surface area contributed by atoms with Gasteiger partial charge in [-0.2, -0.15) is 20.2 Å². The number of benzene rings is 1. The number of nitrogens with one attached hydrogen (secondary N) is 1. The van der Waals surface area contributed by atoms with Crippen LogP contribution in [0.2, 0.25) is 0 Å². The normalized spacial score (nSPS) is 12.1. The molecule has 0 radical (unpaired) electrons. The van der Waals surface area contributed by atoms with Gasteiger partial charge in [-0.05, 0) is 37.6 Å². The topological polar surface area (TPSA) is 124 Å². The highest BCUT2D eigenvalue weighted by molar-refractivity contribution is 7.98. The van der Waals surface area contributed by atoms with Crippen LogP contribution in [0, 0.1) is 0 Å². The molecular formula is C12H19NO6S2. The fraction of sp³-hybridized carbons (Fsp3) is 0.417. The zero-order valence-corrected chi connectivity index (χ0v) is 13.3. The van der Waals surface area contributed by atoms with E-state index in [0.29, 0.717) is 0 Å². The van der Waals surface area contributed by atoms with Crippen molar-refractivity contribution < 1.29 is 28.0 Å². The molecule has 0 fully saturated rings. The monoisotopic (exact) mass is 337 g/mol. The van der Waals surface area contributed by atoms with Crippen molar-refractivity contribution in [3.05, 3.63) is 18.2 Å². The average molecular weight is 337 g/mol. The zero-order valence-electron chi connectivity index (χ0n) is 11.7. The van der Waals surface area contributed by atoms with Crippen LogP contribution < -0.4 is 5.32 Å². The summed E-state index contributed by atoms with van der Waals surface area (Å²) >= 11 is 1.76. The van der Waals surface area contributed by atoms with E-state index >= 15 is 0 Å². The van der Waals surface area contributed by atoms with Crippen molar-refractivity contribution in [1.29, 1.82) is 0 Å². The van der Waals surface area contributed by atoms with Crippen LogP contribution in [-0.4, -0.2) is 54.6 Å². The molecule has 1 atom stereocenters. The number of carbonyl (C=O) groups is 1. The van der Waals surface area contributed by atoms with Gasteiger partial charge >= 0.3 is 0 Å². The lowest BCUT2D eigenvalue weighted by atomic mass is 10.3. The fourth-order valence-electron chi connectivity index (χ4n) is 1.23. The van der Waals surface area contributed by atoms with E-state index in [1.54, 1.807) is 18.8 Å². The first-order valence-corrected chi connectivity index (χ1v) is 8.70. The molecule has 1 rings (SSSR count). The summed E-state index contributed by atoms with van der Waals surface area (Å²) in [7, 11) is -2.66. The molecule has 0 aliphatic carbocycles. The first-order chi connectivity index (χ1) is 9.76. The number of thioether (sulfide) groups is 1. The Kier molecular flexibility index (Phi) is 9.02. The van der Waals surface area contributed by atoms with E-state index in [1.165, 1.54) is 0 Å². The summed E-state index contributed by atoms with van der Waals surface area (Å²) in [5.74, 6) is 0.0975. The van der Waals surface area contributed by atoms with Crippen molar-refractivity contribution >= 4 is 28.2 Å². The van der Waals surface area contributed by atoms with Gasteiger partial charge in [-0.25, -0.2) is 0 Å². The minimum atomic E-state index is -4.47. The molecule has 0 unspecified atom stereocenters. The van der Waals surface area contributed by atoms with E-state index in [9.17, 15) is 13.2 Å². The summed E-state index contributed by atoms with van der Waals surface area (Å²) in [5.41, 5.74) is 0. The third-order valence-corrected chi connectivity index (χ3v) is 3.92. The highest BCUT2D eigenvalue weighted by atomic mass is 32.2. The molecule has 4 N–H and O–H groups in total. The number of phenols is 2. The molecule has 0 amide bonds. The highest BCUT2D eigenvalue weighted by Gasteiger charge is 2.15. The molecule has 0 bridgehead atoms. The standard InChI is InChI=1S/C6H13NOS.C6H6O5S/c1-7-6(5-8)3-4-9-2;7-4-1-2-5(8)6(3-4)12(9,10)11/h5-7H,3-4H2,1-2H3;1-3,7-8H,(H,9,10,11)/t6-;/m0./s1. The maximum Gasteiger partial charge on any atom is 0.298 e. The Bertz CT molecular complexity index is 547. The number of hydrogen-bond donors (Lipinski definition) is 4. The van der Waals surface area contributed by atoms with Crippen LogP contribution in [-0.2, 0) is 14.9 Å².